The van der Waals surface area contributed by atoms with E-state index < -0.39 is 0 Å². The summed E-state index contributed by atoms with van der Waals surface area (Å²) >= 11 is 0. The first kappa shape index (κ1) is 15.6. The Labute approximate surface area is 139 Å². The van der Waals surface area contributed by atoms with E-state index in [1.807, 2.05) is 0 Å². The van der Waals surface area contributed by atoms with E-state index in [0.717, 1.165) is 6.54 Å². The minimum absolute atomic E-state index is 1.09. The zero-order valence-corrected chi connectivity index (χ0v) is 13.9. The quantitative estimate of drug-likeness (QED) is 0.445. The second kappa shape index (κ2) is 7.82. The molecule has 0 radical (unpaired) electrons. The van der Waals surface area contributed by atoms with Crippen LogP contribution in [-0.4, -0.2) is 4.57 Å². The maximum atomic E-state index is 2.42. The van der Waals surface area contributed by atoms with Crippen molar-refractivity contribution >= 4 is 0 Å². The first-order valence-corrected chi connectivity index (χ1v) is 8.70. The lowest BCUT2D eigenvalue weighted by molar-refractivity contribution is 0.587. The predicted octanol–water partition coefficient (Wildman–Crippen LogP) is 6.40. The SMILES string of the molecule is CCCCCCn1ccc(-c2ccccc2)c1-c1ccccc1. The summed E-state index contributed by atoms with van der Waals surface area (Å²) in [6, 6.07) is 23.7. The lowest BCUT2D eigenvalue weighted by atomic mass is 10.0. The third-order valence-electron chi connectivity index (χ3n) is 4.35. The molecular weight excluding hydrogens is 278 g/mol. The number of hydrogen-bond acceptors (Lipinski definition) is 0. The minimum Gasteiger partial charge on any atom is -0.347 e. The van der Waals surface area contributed by atoms with Crippen LogP contribution in [0.4, 0.5) is 0 Å². The van der Waals surface area contributed by atoms with Crippen molar-refractivity contribution in [1.82, 2.24) is 4.57 Å². The number of unbranched alkanes of at least 4 members (excludes halogenated alkanes) is 3. The van der Waals surface area contributed by atoms with Crippen LogP contribution in [0.25, 0.3) is 22.4 Å². The Morgan fingerprint density at radius 3 is 2.00 bits per heavy atom. The van der Waals surface area contributed by atoms with Gasteiger partial charge in [-0.25, -0.2) is 0 Å². The molecule has 0 aliphatic heterocycles. The summed E-state index contributed by atoms with van der Waals surface area (Å²) in [4.78, 5) is 0. The molecule has 3 rings (SSSR count). The molecule has 1 nitrogen and oxygen atoms in total. The van der Waals surface area contributed by atoms with Crippen LogP contribution in [-0.2, 0) is 6.54 Å². The van der Waals surface area contributed by atoms with Gasteiger partial charge in [0, 0.05) is 18.3 Å². The molecule has 0 N–H and O–H groups in total. The van der Waals surface area contributed by atoms with E-state index >= 15 is 0 Å². The minimum atomic E-state index is 1.09. The van der Waals surface area contributed by atoms with E-state index in [0.29, 0.717) is 0 Å². The molecule has 0 amide bonds. The van der Waals surface area contributed by atoms with Crippen LogP contribution in [0.5, 0.6) is 0 Å². The lowest BCUT2D eigenvalue weighted by Gasteiger charge is -2.12. The van der Waals surface area contributed by atoms with Gasteiger partial charge in [0.1, 0.15) is 0 Å². The Hall–Kier alpha value is -2.28. The molecule has 0 aliphatic carbocycles. The number of hydrogen-bond donors (Lipinski definition) is 0. The number of benzene rings is 2. The molecule has 0 bridgehead atoms. The van der Waals surface area contributed by atoms with Gasteiger partial charge >= 0.3 is 0 Å². The normalized spacial score (nSPS) is 10.8. The maximum Gasteiger partial charge on any atom is 0.0559 e. The lowest BCUT2D eigenvalue weighted by Crippen LogP contribution is -1.99. The molecule has 3 aromatic rings. The molecule has 0 saturated heterocycles. The molecule has 0 aliphatic rings. The highest BCUT2D eigenvalue weighted by atomic mass is 15.0. The molecule has 23 heavy (non-hydrogen) atoms. The number of rotatable bonds is 7. The van der Waals surface area contributed by atoms with Crippen molar-refractivity contribution in [1.29, 1.82) is 0 Å². The molecule has 0 unspecified atom stereocenters. The number of aromatic nitrogens is 1. The molecular formula is C22H25N. The Balaban J connectivity index is 1.96. The van der Waals surface area contributed by atoms with Crippen molar-refractivity contribution in [2.24, 2.45) is 0 Å². The van der Waals surface area contributed by atoms with Crippen molar-refractivity contribution in [3.8, 4) is 22.4 Å². The van der Waals surface area contributed by atoms with E-state index in [2.05, 4.69) is 84.4 Å². The average Bonchev–Trinajstić information content (AvgIpc) is 3.04. The highest BCUT2D eigenvalue weighted by Gasteiger charge is 2.12. The Bertz CT molecular complexity index is 710. The Morgan fingerprint density at radius 1 is 0.696 bits per heavy atom. The van der Waals surface area contributed by atoms with Crippen molar-refractivity contribution in [2.75, 3.05) is 0 Å². The molecule has 0 fully saturated rings. The molecule has 118 valence electrons. The van der Waals surface area contributed by atoms with E-state index in [9.17, 15) is 0 Å². The Morgan fingerprint density at radius 2 is 1.35 bits per heavy atom. The van der Waals surface area contributed by atoms with Crippen molar-refractivity contribution in [3.63, 3.8) is 0 Å². The largest absolute Gasteiger partial charge is 0.347 e. The van der Waals surface area contributed by atoms with E-state index in [1.165, 1.54) is 48.1 Å². The summed E-state index contributed by atoms with van der Waals surface area (Å²) in [5.41, 5.74) is 5.26. The van der Waals surface area contributed by atoms with Gasteiger partial charge in [0.15, 0.2) is 0 Å². The van der Waals surface area contributed by atoms with Gasteiger partial charge in [0.2, 0.25) is 0 Å². The van der Waals surface area contributed by atoms with E-state index in [1.54, 1.807) is 0 Å². The van der Waals surface area contributed by atoms with Crippen LogP contribution in [0.3, 0.4) is 0 Å². The summed E-state index contributed by atoms with van der Waals surface area (Å²) in [6.07, 6.45) is 7.41. The zero-order chi connectivity index (χ0) is 15.9. The van der Waals surface area contributed by atoms with Gasteiger partial charge in [-0.3, -0.25) is 0 Å². The summed E-state index contributed by atoms with van der Waals surface area (Å²) in [6.45, 7) is 3.36. The molecule has 0 saturated carbocycles. The maximum absolute atomic E-state index is 2.42. The van der Waals surface area contributed by atoms with Gasteiger partial charge in [-0.2, -0.15) is 0 Å². The van der Waals surface area contributed by atoms with E-state index in [-0.39, 0.29) is 0 Å². The van der Waals surface area contributed by atoms with Crippen LogP contribution in [0, 0.1) is 0 Å². The van der Waals surface area contributed by atoms with Gasteiger partial charge in [0.25, 0.3) is 0 Å². The standard InChI is InChI=1S/C22H25N/c1-2-3-4-11-17-23-18-16-21(19-12-7-5-8-13-19)22(23)20-14-9-6-10-15-20/h5-10,12-16,18H,2-4,11,17H2,1H3. The smallest absolute Gasteiger partial charge is 0.0559 e. The van der Waals surface area contributed by atoms with Crippen LogP contribution in [0.15, 0.2) is 72.9 Å². The summed E-state index contributed by atoms with van der Waals surface area (Å²) in [5, 5.41) is 0. The van der Waals surface area contributed by atoms with Gasteiger partial charge in [-0.15, -0.1) is 0 Å². The van der Waals surface area contributed by atoms with Gasteiger partial charge < -0.3 is 4.57 Å². The Kier molecular flexibility index (Phi) is 5.31. The summed E-state index contributed by atoms with van der Waals surface area (Å²) in [7, 11) is 0. The van der Waals surface area contributed by atoms with Gasteiger partial charge in [-0.05, 0) is 23.6 Å². The van der Waals surface area contributed by atoms with Crippen LogP contribution >= 0.6 is 0 Å². The van der Waals surface area contributed by atoms with Crippen molar-refractivity contribution in [3.05, 3.63) is 72.9 Å². The summed E-state index contributed by atoms with van der Waals surface area (Å²) < 4.78 is 2.42. The first-order valence-electron chi connectivity index (χ1n) is 8.70. The predicted molar refractivity (Wildman–Crippen MR) is 99.4 cm³/mol. The molecule has 0 spiro atoms. The molecule has 0 atom stereocenters. The first-order chi connectivity index (χ1) is 11.4. The second-order valence-corrected chi connectivity index (χ2v) is 6.06. The topological polar surface area (TPSA) is 4.93 Å². The van der Waals surface area contributed by atoms with Crippen molar-refractivity contribution < 1.29 is 0 Å². The van der Waals surface area contributed by atoms with Crippen molar-refractivity contribution in [2.45, 2.75) is 39.2 Å². The third-order valence-corrected chi connectivity index (χ3v) is 4.35. The molecule has 1 heteroatoms. The van der Waals surface area contributed by atoms with Crippen LogP contribution in [0.1, 0.15) is 32.6 Å². The fourth-order valence-electron chi connectivity index (χ4n) is 3.14. The van der Waals surface area contributed by atoms with Gasteiger partial charge in [0.05, 0.1) is 5.69 Å². The fourth-order valence-corrected chi connectivity index (χ4v) is 3.14. The van der Waals surface area contributed by atoms with Gasteiger partial charge in [-0.1, -0.05) is 86.8 Å². The molecule has 1 heterocycles. The van der Waals surface area contributed by atoms with Crippen LogP contribution < -0.4 is 0 Å². The molecule has 1 aromatic heterocycles. The fraction of sp³-hybridized carbons (Fsp3) is 0.273. The highest BCUT2D eigenvalue weighted by Crippen LogP contribution is 2.33. The van der Waals surface area contributed by atoms with E-state index in [4.69, 9.17) is 0 Å². The number of aryl methyl sites for hydroxylation is 1. The third kappa shape index (κ3) is 3.73. The molecule has 2 aromatic carbocycles. The summed E-state index contributed by atoms with van der Waals surface area (Å²) in [5.74, 6) is 0. The zero-order valence-electron chi connectivity index (χ0n) is 13.9. The second-order valence-electron chi connectivity index (χ2n) is 6.06. The van der Waals surface area contributed by atoms with Crippen LogP contribution in [0.2, 0.25) is 0 Å². The number of nitrogens with zero attached hydrogens (tertiary/aromatic N) is 1. The average molecular weight is 303 g/mol. The monoisotopic (exact) mass is 303 g/mol. The highest BCUT2D eigenvalue weighted by molar-refractivity contribution is 5.81.